The minimum Gasteiger partial charge on any atom is -0.462 e. The normalized spacial score (nSPS) is 12.6. The van der Waals surface area contributed by atoms with Crippen molar-refractivity contribution in [3.05, 3.63) is 36.5 Å². The van der Waals surface area contributed by atoms with Crippen LogP contribution in [0.2, 0.25) is 0 Å². The Hall–Kier alpha value is -1.88. The van der Waals surface area contributed by atoms with E-state index in [1.165, 1.54) is 64.2 Å². The Morgan fingerprint density at radius 1 is 0.585 bits per heavy atom. The highest BCUT2D eigenvalue weighted by atomic mass is 16.6. The largest absolute Gasteiger partial charge is 0.462 e. The maximum atomic E-state index is 12.1. The maximum Gasteiger partial charge on any atom is 0.306 e. The molecular formula is C36H64O5. The Bertz CT molecular complexity index is 667. The minimum atomic E-state index is -0.775. The molecule has 0 aliphatic rings. The topological polar surface area (TPSA) is 72.8 Å². The Morgan fingerprint density at radius 2 is 1.05 bits per heavy atom. The lowest BCUT2D eigenvalue weighted by atomic mass is 10.0. The van der Waals surface area contributed by atoms with Crippen molar-refractivity contribution < 1.29 is 24.2 Å². The van der Waals surface area contributed by atoms with Crippen molar-refractivity contribution in [2.45, 2.75) is 168 Å². The SMILES string of the molecule is CCC=CCC=CCC=CCCCCCCCC(=O)OC(CO)COC(=O)CCCCCCCCCCCCCC. The number of rotatable bonds is 30. The van der Waals surface area contributed by atoms with Gasteiger partial charge in [-0.05, 0) is 44.9 Å². The van der Waals surface area contributed by atoms with Crippen LogP contribution in [-0.4, -0.2) is 36.4 Å². The summed E-state index contributed by atoms with van der Waals surface area (Å²) in [6, 6.07) is 0. The zero-order valence-electron chi connectivity index (χ0n) is 26.8. The first kappa shape index (κ1) is 39.1. The first-order valence-electron chi connectivity index (χ1n) is 17.0. The summed E-state index contributed by atoms with van der Waals surface area (Å²) in [4.78, 5) is 24.1. The molecule has 1 N–H and O–H groups in total. The lowest BCUT2D eigenvalue weighted by Crippen LogP contribution is -2.28. The second-order valence-electron chi connectivity index (χ2n) is 11.2. The number of carbonyl (C=O) groups excluding carboxylic acids is 2. The first-order chi connectivity index (χ1) is 20.1. The number of unbranched alkanes of at least 4 members (excludes halogenated alkanes) is 16. The Morgan fingerprint density at radius 3 is 1.59 bits per heavy atom. The third-order valence-electron chi connectivity index (χ3n) is 7.20. The second-order valence-corrected chi connectivity index (χ2v) is 11.2. The van der Waals surface area contributed by atoms with E-state index in [0.717, 1.165) is 70.6 Å². The molecule has 0 heterocycles. The van der Waals surface area contributed by atoms with Crippen LogP contribution in [0.25, 0.3) is 0 Å². The van der Waals surface area contributed by atoms with Crippen molar-refractivity contribution >= 4 is 11.9 Å². The molecule has 0 saturated carbocycles. The number of aliphatic hydroxyl groups excluding tert-OH is 1. The standard InChI is InChI=1S/C36H64O5/c1-3-5-7-9-11-13-15-17-18-19-21-23-25-27-29-31-36(39)41-34(32-37)33-40-35(38)30-28-26-24-22-20-16-14-12-10-8-6-4-2/h5,7,11,13,17-18,34,37H,3-4,6,8-10,12,14-16,19-33H2,1-2H3. The molecule has 0 amide bonds. The molecule has 0 aliphatic heterocycles. The summed E-state index contributed by atoms with van der Waals surface area (Å²) in [5.41, 5.74) is 0. The lowest BCUT2D eigenvalue weighted by molar-refractivity contribution is -0.161. The quantitative estimate of drug-likeness (QED) is 0.0523. The maximum absolute atomic E-state index is 12.1. The average molecular weight is 577 g/mol. The van der Waals surface area contributed by atoms with Crippen molar-refractivity contribution in [1.29, 1.82) is 0 Å². The van der Waals surface area contributed by atoms with Crippen LogP contribution in [0.1, 0.15) is 162 Å². The minimum absolute atomic E-state index is 0.0709. The van der Waals surface area contributed by atoms with Crippen molar-refractivity contribution in [2.75, 3.05) is 13.2 Å². The molecule has 0 saturated heterocycles. The van der Waals surface area contributed by atoms with E-state index in [1.54, 1.807) is 0 Å². The van der Waals surface area contributed by atoms with Gasteiger partial charge in [0.1, 0.15) is 6.61 Å². The number of hydrogen-bond acceptors (Lipinski definition) is 5. The summed E-state index contributed by atoms with van der Waals surface area (Å²) in [6.45, 7) is 3.99. The zero-order chi connectivity index (χ0) is 30.1. The number of esters is 2. The zero-order valence-corrected chi connectivity index (χ0v) is 26.8. The van der Waals surface area contributed by atoms with E-state index < -0.39 is 6.10 Å². The van der Waals surface area contributed by atoms with Crippen LogP contribution >= 0.6 is 0 Å². The Balaban J connectivity index is 3.61. The van der Waals surface area contributed by atoms with E-state index in [4.69, 9.17) is 9.47 Å². The predicted molar refractivity (Wildman–Crippen MR) is 173 cm³/mol. The number of allylic oxidation sites excluding steroid dienone is 6. The van der Waals surface area contributed by atoms with Crippen molar-refractivity contribution in [3.8, 4) is 0 Å². The van der Waals surface area contributed by atoms with E-state index in [1.807, 2.05) is 0 Å². The van der Waals surface area contributed by atoms with E-state index in [2.05, 4.69) is 50.3 Å². The van der Waals surface area contributed by atoms with Crippen LogP contribution in [-0.2, 0) is 19.1 Å². The molecule has 5 heteroatoms. The van der Waals surface area contributed by atoms with Gasteiger partial charge in [-0.2, -0.15) is 0 Å². The summed E-state index contributed by atoms with van der Waals surface area (Å²) in [6.07, 6.45) is 37.6. The molecule has 0 aliphatic carbocycles. The van der Waals surface area contributed by atoms with Crippen LogP contribution < -0.4 is 0 Å². The second kappa shape index (κ2) is 32.6. The number of hydrogen-bond donors (Lipinski definition) is 1. The van der Waals surface area contributed by atoms with Gasteiger partial charge in [0.2, 0.25) is 0 Å². The Kier molecular flexibility index (Phi) is 31.1. The molecule has 0 bridgehead atoms. The molecule has 0 rings (SSSR count). The first-order valence-corrected chi connectivity index (χ1v) is 17.0. The third kappa shape index (κ3) is 30.9. The highest BCUT2D eigenvalue weighted by molar-refractivity contribution is 5.70. The van der Waals surface area contributed by atoms with Crippen molar-refractivity contribution in [2.24, 2.45) is 0 Å². The number of ether oxygens (including phenoxy) is 2. The smallest absolute Gasteiger partial charge is 0.306 e. The summed E-state index contributed by atoms with van der Waals surface area (Å²) in [7, 11) is 0. The van der Waals surface area contributed by atoms with Gasteiger partial charge in [0.05, 0.1) is 6.61 Å². The molecule has 0 aromatic carbocycles. The van der Waals surface area contributed by atoms with E-state index in [-0.39, 0.29) is 25.2 Å². The summed E-state index contributed by atoms with van der Waals surface area (Å²) < 4.78 is 10.5. The van der Waals surface area contributed by atoms with Crippen LogP contribution in [0.5, 0.6) is 0 Å². The monoisotopic (exact) mass is 576 g/mol. The molecular weight excluding hydrogens is 512 g/mol. The molecule has 1 atom stereocenters. The molecule has 41 heavy (non-hydrogen) atoms. The third-order valence-corrected chi connectivity index (χ3v) is 7.20. The van der Waals surface area contributed by atoms with E-state index in [9.17, 15) is 14.7 Å². The Labute approximate surface area is 253 Å². The van der Waals surface area contributed by atoms with Gasteiger partial charge in [-0.3, -0.25) is 9.59 Å². The van der Waals surface area contributed by atoms with Gasteiger partial charge in [-0.1, -0.05) is 140 Å². The van der Waals surface area contributed by atoms with Crippen molar-refractivity contribution in [1.82, 2.24) is 0 Å². The van der Waals surface area contributed by atoms with Gasteiger partial charge in [0.25, 0.3) is 0 Å². The van der Waals surface area contributed by atoms with Gasteiger partial charge in [0.15, 0.2) is 6.10 Å². The van der Waals surface area contributed by atoms with Crippen molar-refractivity contribution in [3.63, 3.8) is 0 Å². The van der Waals surface area contributed by atoms with Crippen LogP contribution in [0, 0.1) is 0 Å². The number of carbonyl (C=O) groups is 2. The molecule has 0 radical (unpaired) electrons. The fourth-order valence-electron chi connectivity index (χ4n) is 4.63. The summed E-state index contributed by atoms with van der Waals surface area (Å²) >= 11 is 0. The molecule has 0 fully saturated rings. The fraction of sp³-hybridized carbons (Fsp3) is 0.778. The van der Waals surface area contributed by atoms with E-state index in [0.29, 0.717) is 12.8 Å². The van der Waals surface area contributed by atoms with Gasteiger partial charge in [-0.25, -0.2) is 0 Å². The fourth-order valence-corrected chi connectivity index (χ4v) is 4.63. The number of aliphatic hydroxyl groups is 1. The van der Waals surface area contributed by atoms with E-state index >= 15 is 0 Å². The molecule has 0 aromatic rings. The average Bonchev–Trinajstić information content (AvgIpc) is 2.97. The van der Waals surface area contributed by atoms with Gasteiger partial charge in [0, 0.05) is 12.8 Å². The lowest BCUT2D eigenvalue weighted by Gasteiger charge is -2.15. The highest BCUT2D eigenvalue weighted by Crippen LogP contribution is 2.13. The van der Waals surface area contributed by atoms with Gasteiger partial charge < -0.3 is 14.6 Å². The predicted octanol–water partition coefficient (Wildman–Crippen LogP) is 10.1. The molecule has 0 aromatic heterocycles. The molecule has 5 nitrogen and oxygen atoms in total. The molecule has 1 unspecified atom stereocenters. The van der Waals surface area contributed by atoms with Gasteiger partial charge >= 0.3 is 11.9 Å². The summed E-state index contributed by atoms with van der Waals surface area (Å²) in [5, 5.41) is 9.50. The van der Waals surface area contributed by atoms with Crippen LogP contribution in [0.15, 0.2) is 36.5 Å². The molecule has 0 spiro atoms. The van der Waals surface area contributed by atoms with Gasteiger partial charge in [-0.15, -0.1) is 0 Å². The highest BCUT2D eigenvalue weighted by Gasteiger charge is 2.16. The van der Waals surface area contributed by atoms with Crippen LogP contribution in [0.4, 0.5) is 0 Å². The summed E-state index contributed by atoms with van der Waals surface area (Å²) in [5.74, 6) is -0.611. The molecule has 238 valence electrons. The van der Waals surface area contributed by atoms with Crippen LogP contribution in [0.3, 0.4) is 0 Å².